The lowest BCUT2D eigenvalue weighted by molar-refractivity contribution is 0.508. The Morgan fingerprint density at radius 1 is 1.20 bits per heavy atom. The molecule has 1 atom stereocenters. The minimum absolute atomic E-state index is 0.789. The van der Waals surface area contributed by atoms with Gasteiger partial charge in [-0.1, -0.05) is 42.4 Å². The molecule has 5 rings (SSSR count). The summed E-state index contributed by atoms with van der Waals surface area (Å²) in [6.07, 6.45) is 3.63. The van der Waals surface area contributed by atoms with Crippen molar-refractivity contribution < 1.29 is 0 Å². The van der Waals surface area contributed by atoms with E-state index in [0.29, 0.717) is 0 Å². The summed E-state index contributed by atoms with van der Waals surface area (Å²) in [6, 6.07) is 8.52. The number of rotatable bonds is 5. The molecule has 0 saturated carbocycles. The van der Waals surface area contributed by atoms with Gasteiger partial charge in [-0.25, -0.2) is 4.98 Å². The normalized spacial score (nSPS) is 16.0. The van der Waals surface area contributed by atoms with Crippen LogP contribution in [-0.4, -0.2) is 19.7 Å². The van der Waals surface area contributed by atoms with Crippen LogP contribution in [0.2, 0.25) is 0 Å². The first-order valence-corrected chi connectivity index (χ1v) is 13.0. The Kier molecular flexibility index (Phi) is 5.52. The lowest BCUT2D eigenvalue weighted by atomic mass is 9.88. The van der Waals surface area contributed by atoms with Gasteiger partial charge in [-0.3, -0.25) is 0 Å². The molecule has 0 bridgehead atoms. The van der Waals surface area contributed by atoms with Gasteiger partial charge >= 0.3 is 0 Å². The molecule has 1 aliphatic carbocycles. The Morgan fingerprint density at radius 3 is 2.97 bits per heavy atom. The molecule has 0 saturated heterocycles. The number of thiazole rings is 1. The van der Waals surface area contributed by atoms with E-state index in [9.17, 15) is 0 Å². The summed E-state index contributed by atoms with van der Waals surface area (Å²) in [5, 5.41) is 15.5. The molecule has 0 aliphatic heterocycles. The first-order valence-electron chi connectivity index (χ1n) is 10.2. The van der Waals surface area contributed by atoms with Crippen LogP contribution in [0.5, 0.6) is 0 Å². The van der Waals surface area contributed by atoms with Crippen molar-refractivity contribution >= 4 is 34.4 Å². The number of aromatic nitrogens is 4. The van der Waals surface area contributed by atoms with Crippen LogP contribution < -0.4 is 0 Å². The largest absolute Gasteiger partial charge is 0.305 e. The van der Waals surface area contributed by atoms with Crippen LogP contribution in [0.4, 0.5) is 0 Å². The highest BCUT2D eigenvalue weighted by Crippen LogP contribution is 2.38. The minimum atomic E-state index is 0.789. The zero-order valence-electron chi connectivity index (χ0n) is 17.4. The third-order valence-electron chi connectivity index (χ3n) is 5.64. The monoisotopic (exact) mass is 452 g/mol. The van der Waals surface area contributed by atoms with Gasteiger partial charge in [0.05, 0.1) is 5.69 Å². The van der Waals surface area contributed by atoms with Crippen molar-refractivity contribution in [3.05, 3.63) is 56.7 Å². The van der Waals surface area contributed by atoms with Gasteiger partial charge in [-0.15, -0.1) is 32.9 Å². The molecular formula is C23H24N4S3. The summed E-state index contributed by atoms with van der Waals surface area (Å²) < 4.78 is 2.14. The fraction of sp³-hybridized carbons (Fsp3) is 0.348. The van der Waals surface area contributed by atoms with Crippen LogP contribution >= 0.6 is 34.4 Å². The second kappa shape index (κ2) is 8.29. The van der Waals surface area contributed by atoms with Crippen molar-refractivity contribution in [1.29, 1.82) is 0 Å². The van der Waals surface area contributed by atoms with E-state index < -0.39 is 0 Å². The third kappa shape index (κ3) is 3.86. The predicted octanol–water partition coefficient (Wildman–Crippen LogP) is 6.39. The molecule has 0 spiro atoms. The maximum absolute atomic E-state index is 4.83. The van der Waals surface area contributed by atoms with Gasteiger partial charge < -0.3 is 4.57 Å². The third-order valence-corrected chi connectivity index (χ3v) is 8.69. The number of thioether (sulfide) groups is 1. The van der Waals surface area contributed by atoms with Gasteiger partial charge in [0.15, 0.2) is 11.0 Å². The van der Waals surface area contributed by atoms with Gasteiger partial charge in [-0.05, 0) is 43.7 Å². The lowest BCUT2D eigenvalue weighted by Gasteiger charge is -2.18. The van der Waals surface area contributed by atoms with Gasteiger partial charge in [0.2, 0.25) is 0 Å². The van der Waals surface area contributed by atoms with Gasteiger partial charge in [0.1, 0.15) is 5.01 Å². The molecule has 0 amide bonds. The number of hydrogen-bond acceptors (Lipinski definition) is 6. The van der Waals surface area contributed by atoms with E-state index in [4.69, 9.17) is 4.98 Å². The molecule has 30 heavy (non-hydrogen) atoms. The van der Waals surface area contributed by atoms with E-state index in [-0.39, 0.29) is 0 Å². The quantitative estimate of drug-likeness (QED) is 0.329. The number of fused-ring (bicyclic) bond motifs is 1. The summed E-state index contributed by atoms with van der Waals surface area (Å²) in [6.45, 7) is 4.47. The maximum atomic E-state index is 4.83. The molecular weight excluding hydrogens is 428 g/mol. The lowest BCUT2D eigenvalue weighted by Crippen LogP contribution is -2.09. The first-order chi connectivity index (χ1) is 14.6. The van der Waals surface area contributed by atoms with Crippen molar-refractivity contribution in [1.82, 2.24) is 19.7 Å². The summed E-state index contributed by atoms with van der Waals surface area (Å²) >= 11 is 5.29. The zero-order chi connectivity index (χ0) is 20.7. The number of benzene rings is 1. The van der Waals surface area contributed by atoms with Crippen LogP contribution in [0.3, 0.4) is 0 Å². The molecule has 0 radical (unpaired) electrons. The molecule has 1 aliphatic rings. The highest BCUT2D eigenvalue weighted by atomic mass is 32.2. The van der Waals surface area contributed by atoms with Crippen molar-refractivity contribution in [3.63, 3.8) is 0 Å². The van der Waals surface area contributed by atoms with Crippen LogP contribution in [0, 0.1) is 12.8 Å². The number of hydrogen-bond donors (Lipinski definition) is 0. The summed E-state index contributed by atoms with van der Waals surface area (Å²) in [5.41, 5.74) is 6.31. The summed E-state index contributed by atoms with van der Waals surface area (Å²) in [4.78, 5) is 6.36. The van der Waals surface area contributed by atoms with E-state index >= 15 is 0 Å². The highest BCUT2D eigenvalue weighted by molar-refractivity contribution is 7.98. The smallest absolute Gasteiger partial charge is 0.191 e. The Labute approximate surface area is 189 Å². The molecule has 0 N–H and O–H groups in total. The average Bonchev–Trinajstić information content (AvgIpc) is 3.45. The molecule has 3 heterocycles. The SMILES string of the molecule is Cc1cccc(-c2nc(CSc3nnc(-c4csc5c4CCC(C)C5)n3C)cs2)c1. The number of thiophene rings is 1. The number of aryl methyl sites for hydroxylation is 1. The number of nitrogens with zero attached hydrogens (tertiary/aromatic N) is 4. The minimum Gasteiger partial charge on any atom is -0.305 e. The fourth-order valence-corrected chi connectivity index (χ4v) is 6.93. The van der Waals surface area contributed by atoms with E-state index in [0.717, 1.165) is 39.8 Å². The topological polar surface area (TPSA) is 43.6 Å². The molecule has 4 aromatic rings. The fourth-order valence-electron chi connectivity index (χ4n) is 3.96. The van der Waals surface area contributed by atoms with Crippen LogP contribution in [0.25, 0.3) is 22.0 Å². The maximum Gasteiger partial charge on any atom is 0.191 e. The van der Waals surface area contributed by atoms with Gasteiger partial charge in [0, 0.05) is 39.6 Å². The van der Waals surface area contributed by atoms with E-state index in [2.05, 4.69) is 70.7 Å². The molecule has 7 heteroatoms. The molecule has 3 aromatic heterocycles. The molecule has 1 unspecified atom stereocenters. The van der Waals surface area contributed by atoms with E-state index in [1.807, 2.05) is 11.3 Å². The average molecular weight is 453 g/mol. The van der Waals surface area contributed by atoms with Gasteiger partial charge in [-0.2, -0.15) is 0 Å². The van der Waals surface area contributed by atoms with Crippen LogP contribution in [0.1, 0.15) is 35.0 Å². The van der Waals surface area contributed by atoms with Crippen molar-refractivity contribution in [2.24, 2.45) is 13.0 Å². The summed E-state index contributed by atoms with van der Waals surface area (Å²) in [5.74, 6) is 2.58. The van der Waals surface area contributed by atoms with Crippen molar-refractivity contribution in [2.75, 3.05) is 0 Å². The Bertz CT molecular complexity index is 1190. The Balaban J connectivity index is 1.31. The zero-order valence-corrected chi connectivity index (χ0v) is 19.8. The second-order valence-electron chi connectivity index (χ2n) is 8.07. The predicted molar refractivity (Wildman–Crippen MR) is 127 cm³/mol. The molecule has 154 valence electrons. The van der Waals surface area contributed by atoms with Crippen molar-refractivity contribution in [3.8, 4) is 22.0 Å². The second-order valence-corrected chi connectivity index (χ2v) is 10.8. The van der Waals surface area contributed by atoms with Gasteiger partial charge in [0.25, 0.3) is 0 Å². The Hall–Kier alpha value is -1.96. The summed E-state index contributed by atoms with van der Waals surface area (Å²) in [7, 11) is 2.08. The van der Waals surface area contributed by atoms with Crippen LogP contribution in [-0.2, 0) is 25.6 Å². The standard InChI is InChI=1S/C23H24N4S3/c1-14-5-4-6-16(9-14)22-24-17(11-29-22)12-30-23-26-25-21(27(23)3)19-13-28-20-10-15(2)7-8-18(19)20/h4-6,9,11,13,15H,7-8,10,12H2,1-3H3. The first kappa shape index (κ1) is 20.0. The van der Waals surface area contributed by atoms with Crippen LogP contribution in [0.15, 0.2) is 40.2 Å². The highest BCUT2D eigenvalue weighted by Gasteiger charge is 2.23. The van der Waals surface area contributed by atoms with E-state index in [1.54, 1.807) is 23.1 Å². The molecule has 0 fully saturated rings. The van der Waals surface area contributed by atoms with E-state index in [1.165, 1.54) is 40.0 Å². The molecule has 4 nitrogen and oxygen atoms in total. The Morgan fingerprint density at radius 2 is 2.10 bits per heavy atom. The van der Waals surface area contributed by atoms with Crippen molar-refractivity contribution in [2.45, 2.75) is 44.0 Å². The molecule has 1 aromatic carbocycles.